The quantitative estimate of drug-likeness (QED) is 0.803. The number of benzene rings is 2. The van der Waals surface area contributed by atoms with Crippen LogP contribution in [0.1, 0.15) is 43.8 Å². The van der Waals surface area contributed by atoms with E-state index in [4.69, 9.17) is 0 Å². The van der Waals surface area contributed by atoms with Crippen LogP contribution in [0.25, 0.3) is 10.8 Å². The zero-order valence-electron chi connectivity index (χ0n) is 14.4. The summed E-state index contributed by atoms with van der Waals surface area (Å²) in [6.45, 7) is 0.255. The number of rotatable bonds is 4. The summed E-state index contributed by atoms with van der Waals surface area (Å²) in [7, 11) is 0. The minimum Gasteiger partial charge on any atom is -0.387 e. The minimum absolute atomic E-state index is 0.0224. The molecule has 2 fully saturated rings. The Hall–Kier alpha value is -1.91. The molecule has 4 heteroatoms. The lowest BCUT2D eigenvalue weighted by molar-refractivity contribution is -0.123. The van der Waals surface area contributed by atoms with Crippen molar-refractivity contribution < 1.29 is 9.90 Å². The summed E-state index contributed by atoms with van der Waals surface area (Å²) >= 11 is 0. The molecule has 0 aromatic heterocycles. The predicted octanol–water partition coefficient (Wildman–Crippen LogP) is 2.91. The maximum atomic E-state index is 12.5. The molecule has 2 aromatic carbocycles. The summed E-state index contributed by atoms with van der Waals surface area (Å²) in [4.78, 5) is 12.5. The van der Waals surface area contributed by atoms with Crippen LogP contribution in [0.5, 0.6) is 0 Å². The first-order chi connectivity index (χ1) is 12.2. The van der Waals surface area contributed by atoms with E-state index in [2.05, 4.69) is 16.7 Å². The third kappa shape index (κ3) is 3.55. The zero-order valence-corrected chi connectivity index (χ0v) is 14.4. The zero-order chi connectivity index (χ0) is 17.2. The van der Waals surface area contributed by atoms with Crippen molar-refractivity contribution in [1.82, 2.24) is 10.6 Å². The molecule has 4 unspecified atom stereocenters. The molecule has 0 radical (unpaired) electrons. The van der Waals surface area contributed by atoms with E-state index < -0.39 is 6.10 Å². The number of fused-ring (bicyclic) bond motifs is 2. The van der Waals surface area contributed by atoms with Crippen molar-refractivity contribution in [2.24, 2.45) is 5.92 Å². The fourth-order valence-electron chi connectivity index (χ4n) is 4.37. The molecule has 0 bridgehead atoms. The van der Waals surface area contributed by atoms with E-state index in [1.807, 2.05) is 36.4 Å². The molecule has 132 valence electrons. The van der Waals surface area contributed by atoms with Gasteiger partial charge in [-0.15, -0.1) is 0 Å². The van der Waals surface area contributed by atoms with Gasteiger partial charge in [0, 0.05) is 12.6 Å². The van der Waals surface area contributed by atoms with E-state index in [1.54, 1.807) is 0 Å². The van der Waals surface area contributed by atoms with Gasteiger partial charge in [0.05, 0.1) is 12.1 Å². The maximum Gasteiger partial charge on any atom is 0.237 e. The Morgan fingerprint density at radius 2 is 1.96 bits per heavy atom. The normalized spacial score (nSPS) is 27.0. The van der Waals surface area contributed by atoms with Crippen LogP contribution in [0.15, 0.2) is 42.5 Å². The SMILES string of the molecule is O=C(NCC(O)c1ccc2ccccc2c1)C1CC2CCCCC2N1. The molecule has 0 spiro atoms. The largest absolute Gasteiger partial charge is 0.387 e. The Bertz CT molecular complexity index is 746. The first-order valence-electron chi connectivity index (χ1n) is 9.41. The van der Waals surface area contributed by atoms with Gasteiger partial charge in [-0.25, -0.2) is 0 Å². The molecule has 4 atom stereocenters. The van der Waals surface area contributed by atoms with Gasteiger partial charge in [0.1, 0.15) is 0 Å². The van der Waals surface area contributed by atoms with Crippen LogP contribution in [0, 0.1) is 5.92 Å². The number of aliphatic hydroxyl groups excluding tert-OH is 1. The fourth-order valence-corrected chi connectivity index (χ4v) is 4.37. The highest BCUT2D eigenvalue weighted by Gasteiger charge is 2.38. The molecule has 4 rings (SSSR count). The molecule has 1 aliphatic heterocycles. The van der Waals surface area contributed by atoms with Crippen molar-refractivity contribution in [2.45, 2.75) is 50.3 Å². The van der Waals surface area contributed by atoms with Crippen molar-refractivity contribution in [1.29, 1.82) is 0 Å². The van der Waals surface area contributed by atoms with E-state index in [1.165, 1.54) is 25.7 Å². The van der Waals surface area contributed by atoms with Gasteiger partial charge in [0.15, 0.2) is 0 Å². The molecule has 2 aromatic rings. The Morgan fingerprint density at radius 3 is 2.80 bits per heavy atom. The van der Waals surface area contributed by atoms with Crippen molar-refractivity contribution in [3.63, 3.8) is 0 Å². The van der Waals surface area contributed by atoms with Crippen molar-refractivity contribution in [3.8, 4) is 0 Å². The van der Waals surface area contributed by atoms with Crippen LogP contribution in [-0.4, -0.2) is 29.6 Å². The van der Waals surface area contributed by atoms with Gasteiger partial charge in [0.2, 0.25) is 5.91 Å². The molecule has 1 amide bonds. The number of hydrogen-bond donors (Lipinski definition) is 3. The van der Waals surface area contributed by atoms with Crippen molar-refractivity contribution >= 4 is 16.7 Å². The lowest BCUT2D eigenvalue weighted by atomic mass is 9.85. The molecular formula is C21H26N2O2. The standard InChI is InChI=1S/C21H26N2O2/c24-20(17-10-9-14-5-1-2-6-15(14)11-17)13-22-21(25)19-12-16-7-3-4-8-18(16)23-19/h1-2,5-6,9-11,16,18-20,23-24H,3-4,7-8,12-13H2,(H,22,25). The summed E-state index contributed by atoms with van der Waals surface area (Å²) in [6.07, 6.45) is 5.23. The second-order valence-electron chi connectivity index (χ2n) is 7.47. The lowest BCUT2D eigenvalue weighted by Gasteiger charge is -2.24. The Morgan fingerprint density at radius 1 is 1.16 bits per heavy atom. The molecule has 25 heavy (non-hydrogen) atoms. The number of amides is 1. The second kappa shape index (κ2) is 7.14. The summed E-state index contributed by atoms with van der Waals surface area (Å²) in [5.74, 6) is 0.671. The van der Waals surface area contributed by atoms with Crippen molar-refractivity contribution in [3.05, 3.63) is 48.0 Å². The van der Waals surface area contributed by atoms with Gasteiger partial charge < -0.3 is 15.7 Å². The molecule has 1 saturated carbocycles. The van der Waals surface area contributed by atoms with Crippen LogP contribution in [0.3, 0.4) is 0 Å². The summed E-state index contributed by atoms with van der Waals surface area (Å²) in [5.41, 5.74) is 0.840. The minimum atomic E-state index is -0.683. The van der Waals surface area contributed by atoms with E-state index >= 15 is 0 Å². The molecule has 1 saturated heterocycles. The van der Waals surface area contributed by atoms with Gasteiger partial charge in [-0.05, 0) is 47.6 Å². The molecule has 3 N–H and O–H groups in total. The van der Waals surface area contributed by atoms with E-state index in [0.717, 1.165) is 22.8 Å². The van der Waals surface area contributed by atoms with Crippen LogP contribution in [0.2, 0.25) is 0 Å². The number of hydrogen-bond acceptors (Lipinski definition) is 3. The smallest absolute Gasteiger partial charge is 0.237 e. The Labute approximate surface area is 148 Å². The summed E-state index contributed by atoms with van der Waals surface area (Å²) < 4.78 is 0. The predicted molar refractivity (Wildman–Crippen MR) is 99.2 cm³/mol. The summed E-state index contributed by atoms with van der Waals surface area (Å²) in [6, 6.07) is 14.4. The highest BCUT2D eigenvalue weighted by Crippen LogP contribution is 2.33. The molecule has 1 aliphatic carbocycles. The van der Waals surface area contributed by atoms with Gasteiger partial charge in [-0.3, -0.25) is 4.79 Å². The van der Waals surface area contributed by atoms with E-state index in [-0.39, 0.29) is 18.5 Å². The third-order valence-electron chi connectivity index (χ3n) is 5.81. The number of carbonyl (C=O) groups excluding carboxylic acids is 1. The third-order valence-corrected chi connectivity index (χ3v) is 5.81. The summed E-state index contributed by atoms with van der Waals surface area (Å²) in [5, 5.41) is 19.1. The Kier molecular flexibility index (Phi) is 4.73. The van der Waals surface area contributed by atoms with Crippen LogP contribution in [0.4, 0.5) is 0 Å². The maximum absolute atomic E-state index is 12.5. The van der Waals surface area contributed by atoms with Crippen LogP contribution >= 0.6 is 0 Å². The molecular weight excluding hydrogens is 312 g/mol. The molecule has 2 aliphatic rings. The van der Waals surface area contributed by atoms with E-state index in [0.29, 0.717) is 12.0 Å². The first-order valence-corrected chi connectivity index (χ1v) is 9.41. The van der Waals surface area contributed by atoms with E-state index in [9.17, 15) is 9.90 Å². The topological polar surface area (TPSA) is 61.4 Å². The van der Waals surface area contributed by atoms with Gasteiger partial charge in [-0.1, -0.05) is 49.2 Å². The first kappa shape index (κ1) is 16.6. The van der Waals surface area contributed by atoms with Crippen molar-refractivity contribution in [2.75, 3.05) is 6.54 Å². The highest BCUT2D eigenvalue weighted by molar-refractivity contribution is 5.83. The average molecular weight is 338 g/mol. The van der Waals surface area contributed by atoms with Crippen LogP contribution < -0.4 is 10.6 Å². The fraction of sp³-hybridized carbons (Fsp3) is 0.476. The average Bonchev–Trinajstić information content (AvgIpc) is 3.09. The van der Waals surface area contributed by atoms with Gasteiger partial charge >= 0.3 is 0 Å². The highest BCUT2D eigenvalue weighted by atomic mass is 16.3. The monoisotopic (exact) mass is 338 g/mol. The molecule has 1 heterocycles. The van der Waals surface area contributed by atoms with Crippen LogP contribution in [-0.2, 0) is 4.79 Å². The number of carbonyl (C=O) groups is 1. The van der Waals surface area contributed by atoms with Gasteiger partial charge in [0.25, 0.3) is 0 Å². The Balaban J connectivity index is 1.34. The second-order valence-corrected chi connectivity index (χ2v) is 7.47. The number of aliphatic hydroxyl groups is 1. The van der Waals surface area contributed by atoms with Gasteiger partial charge in [-0.2, -0.15) is 0 Å². The molecule has 4 nitrogen and oxygen atoms in total. The lowest BCUT2D eigenvalue weighted by Crippen LogP contribution is -2.44. The number of nitrogens with one attached hydrogen (secondary N) is 2.